The average molecular weight is 526 g/mol. The van der Waals surface area contributed by atoms with Gasteiger partial charge in [0, 0.05) is 29.9 Å². The number of aromatic nitrogens is 2. The van der Waals surface area contributed by atoms with Gasteiger partial charge in [-0.1, -0.05) is 36.4 Å². The molecule has 0 saturated carbocycles. The van der Waals surface area contributed by atoms with E-state index in [0.717, 1.165) is 5.56 Å². The Morgan fingerprint density at radius 1 is 1.03 bits per heavy atom. The Bertz CT molecular complexity index is 1470. The van der Waals surface area contributed by atoms with E-state index in [0.29, 0.717) is 40.8 Å². The van der Waals surface area contributed by atoms with E-state index in [-0.39, 0.29) is 13.2 Å². The van der Waals surface area contributed by atoms with Crippen molar-refractivity contribution >= 4 is 17.6 Å². The molecule has 1 aliphatic rings. The van der Waals surface area contributed by atoms with E-state index in [4.69, 9.17) is 14.2 Å². The van der Waals surface area contributed by atoms with Crippen LogP contribution in [0.1, 0.15) is 29.2 Å². The van der Waals surface area contributed by atoms with Gasteiger partial charge in [0.2, 0.25) is 0 Å². The van der Waals surface area contributed by atoms with E-state index in [1.54, 1.807) is 18.2 Å². The number of benzene rings is 2. The summed E-state index contributed by atoms with van der Waals surface area (Å²) in [5, 5.41) is 0. The van der Waals surface area contributed by atoms with Gasteiger partial charge >= 0.3 is 18.1 Å². The lowest BCUT2D eigenvalue weighted by Gasteiger charge is -2.10. The molecular formula is C27H21F3N2O6. The molecule has 0 radical (unpaired) electrons. The second-order valence-corrected chi connectivity index (χ2v) is 8.57. The van der Waals surface area contributed by atoms with Gasteiger partial charge in [-0.15, -0.1) is 0 Å². The van der Waals surface area contributed by atoms with Gasteiger partial charge in [0.15, 0.2) is 11.4 Å². The van der Waals surface area contributed by atoms with E-state index >= 15 is 0 Å². The van der Waals surface area contributed by atoms with Crippen LogP contribution in [-0.4, -0.2) is 34.1 Å². The Hall–Kier alpha value is -4.54. The summed E-state index contributed by atoms with van der Waals surface area (Å²) in [4.78, 5) is 27.2. The molecule has 0 fully saturated rings. The van der Waals surface area contributed by atoms with Crippen molar-refractivity contribution in [3.05, 3.63) is 89.9 Å². The van der Waals surface area contributed by atoms with Crippen LogP contribution in [0, 0.1) is 0 Å². The van der Waals surface area contributed by atoms with Gasteiger partial charge in [-0.2, -0.15) is 13.2 Å². The van der Waals surface area contributed by atoms with Crippen LogP contribution in [0.25, 0.3) is 5.65 Å². The molecular weight excluding hydrogens is 505 g/mol. The van der Waals surface area contributed by atoms with Gasteiger partial charge in [0.05, 0.1) is 18.7 Å². The van der Waals surface area contributed by atoms with Crippen LogP contribution in [0.2, 0.25) is 0 Å². The number of halogens is 3. The van der Waals surface area contributed by atoms with Crippen molar-refractivity contribution in [2.24, 2.45) is 0 Å². The minimum absolute atomic E-state index is 0.0618. The first-order valence-corrected chi connectivity index (χ1v) is 11.6. The van der Waals surface area contributed by atoms with Crippen molar-refractivity contribution in [2.75, 3.05) is 6.61 Å². The first kappa shape index (κ1) is 25.1. The lowest BCUT2D eigenvalue weighted by atomic mass is 9.98. The van der Waals surface area contributed by atoms with Crippen LogP contribution in [0.5, 0.6) is 17.2 Å². The number of imidazole rings is 1. The van der Waals surface area contributed by atoms with E-state index in [1.165, 1.54) is 0 Å². The number of fused-ring (bicyclic) bond motifs is 2. The number of alkyl halides is 3. The van der Waals surface area contributed by atoms with Crippen molar-refractivity contribution in [3.8, 4) is 17.2 Å². The molecule has 1 atom stereocenters. The molecule has 0 amide bonds. The number of carbonyl (C=O) groups excluding carboxylic acids is 2. The molecule has 196 valence electrons. The van der Waals surface area contributed by atoms with E-state index in [2.05, 4.69) is 9.72 Å². The molecule has 2 aromatic carbocycles. The van der Waals surface area contributed by atoms with Gasteiger partial charge in [0.1, 0.15) is 24.7 Å². The third-order valence-electron chi connectivity index (χ3n) is 5.84. The van der Waals surface area contributed by atoms with Crippen molar-refractivity contribution in [1.82, 2.24) is 9.38 Å². The third kappa shape index (κ3) is 5.72. The first-order valence-electron chi connectivity index (χ1n) is 11.6. The summed E-state index contributed by atoms with van der Waals surface area (Å²) < 4.78 is 60.0. The van der Waals surface area contributed by atoms with Crippen molar-refractivity contribution < 1.29 is 41.7 Å². The van der Waals surface area contributed by atoms with Gasteiger partial charge < -0.3 is 23.3 Å². The zero-order valence-electron chi connectivity index (χ0n) is 19.8. The van der Waals surface area contributed by atoms with Gasteiger partial charge in [-0.05, 0) is 23.8 Å². The highest BCUT2D eigenvalue weighted by Gasteiger charge is 2.43. The average Bonchev–Trinajstić information content (AvgIpc) is 3.50. The van der Waals surface area contributed by atoms with Gasteiger partial charge in [-0.3, -0.25) is 4.79 Å². The number of ether oxygens (including phenoxy) is 4. The summed E-state index contributed by atoms with van der Waals surface area (Å²) in [6, 6.07) is 18.5. The van der Waals surface area contributed by atoms with E-state index in [1.807, 2.05) is 59.3 Å². The number of hydrogen-bond donors (Lipinski definition) is 0. The predicted molar refractivity (Wildman–Crippen MR) is 127 cm³/mol. The predicted octanol–water partition coefficient (Wildman–Crippen LogP) is 4.99. The third-order valence-corrected chi connectivity index (χ3v) is 5.84. The summed E-state index contributed by atoms with van der Waals surface area (Å²) in [6.45, 7) is 0.631. The molecule has 0 saturated heterocycles. The fourth-order valence-corrected chi connectivity index (χ4v) is 4.03. The smallest absolute Gasteiger partial charge is 0.491 e. The second kappa shape index (κ2) is 10.4. The lowest BCUT2D eigenvalue weighted by molar-refractivity contribution is -0.202. The maximum absolute atomic E-state index is 12.3. The van der Waals surface area contributed by atoms with Crippen molar-refractivity contribution in [3.63, 3.8) is 0 Å². The normalized spacial score (nSPS) is 14.6. The van der Waals surface area contributed by atoms with Crippen LogP contribution in [-0.2, 0) is 27.5 Å². The maximum Gasteiger partial charge on any atom is 0.491 e. The van der Waals surface area contributed by atoms with Crippen LogP contribution >= 0.6 is 0 Å². The highest BCUT2D eigenvalue weighted by Crippen LogP contribution is 2.38. The summed E-state index contributed by atoms with van der Waals surface area (Å²) >= 11 is 0. The van der Waals surface area contributed by atoms with Crippen LogP contribution in [0.3, 0.4) is 0 Å². The monoisotopic (exact) mass is 526 g/mol. The zero-order chi connectivity index (χ0) is 26.7. The molecule has 5 rings (SSSR count). The molecule has 0 aliphatic carbocycles. The number of carbonyl (C=O) groups is 2. The Balaban J connectivity index is 1.20. The molecule has 11 heteroatoms. The minimum atomic E-state index is -5.23. The number of rotatable bonds is 8. The van der Waals surface area contributed by atoms with E-state index in [9.17, 15) is 22.8 Å². The van der Waals surface area contributed by atoms with Gasteiger partial charge in [0.25, 0.3) is 0 Å². The molecule has 4 aromatic rings. The quantitative estimate of drug-likeness (QED) is 0.236. The van der Waals surface area contributed by atoms with Crippen LogP contribution in [0.15, 0.2) is 73.1 Å². The molecule has 0 N–H and O–H groups in total. The fraction of sp³-hybridized carbons (Fsp3) is 0.222. The zero-order valence-corrected chi connectivity index (χ0v) is 19.8. The molecule has 0 spiro atoms. The summed E-state index contributed by atoms with van der Waals surface area (Å²) in [5.41, 5.74) is 2.97. The topological polar surface area (TPSA) is 88.4 Å². The van der Waals surface area contributed by atoms with Crippen LogP contribution in [0.4, 0.5) is 13.2 Å². The van der Waals surface area contributed by atoms with Crippen molar-refractivity contribution in [2.45, 2.75) is 31.7 Å². The molecule has 3 heterocycles. The Labute approximate surface area is 214 Å². The highest BCUT2D eigenvalue weighted by molar-refractivity contribution is 5.88. The first-order chi connectivity index (χ1) is 18.3. The standard InChI is InChI=1S/C27H21F3N2O6/c28-27(29,30)26(34)38-24(33)11-18-15-37-23-12-20(8-9-21(18)23)35-16-19-13-32-10-4-7-22(25(32)31-19)36-14-17-5-2-1-3-6-17/h1-10,12-13,18H,11,14-16H2. The Kier molecular flexibility index (Phi) is 6.91. The summed E-state index contributed by atoms with van der Waals surface area (Å²) in [6.07, 6.45) is -1.97. The molecule has 0 bridgehead atoms. The summed E-state index contributed by atoms with van der Waals surface area (Å²) in [7, 11) is 0. The fourth-order valence-electron chi connectivity index (χ4n) is 4.03. The molecule has 2 aromatic heterocycles. The highest BCUT2D eigenvalue weighted by atomic mass is 19.4. The van der Waals surface area contributed by atoms with Gasteiger partial charge in [-0.25, -0.2) is 9.78 Å². The molecule has 8 nitrogen and oxygen atoms in total. The Morgan fingerprint density at radius 3 is 2.63 bits per heavy atom. The largest absolute Gasteiger partial charge is 0.492 e. The lowest BCUT2D eigenvalue weighted by Crippen LogP contribution is -2.28. The number of pyridine rings is 1. The SMILES string of the molecule is O=C(CC1COc2cc(OCc3cn4cccc(OCc5ccccc5)c4n3)ccc21)OC(=O)C(F)(F)F. The minimum Gasteiger partial charge on any atom is -0.492 e. The number of hydrogen-bond acceptors (Lipinski definition) is 7. The van der Waals surface area contributed by atoms with E-state index < -0.39 is 30.5 Å². The van der Waals surface area contributed by atoms with Crippen LogP contribution < -0.4 is 14.2 Å². The number of esters is 2. The number of nitrogens with zero attached hydrogens (tertiary/aromatic N) is 2. The summed E-state index contributed by atoms with van der Waals surface area (Å²) in [5.74, 6) is -2.79. The van der Waals surface area contributed by atoms with Crippen molar-refractivity contribution in [1.29, 1.82) is 0 Å². The maximum atomic E-state index is 12.3. The molecule has 1 aliphatic heterocycles. The molecule has 38 heavy (non-hydrogen) atoms. The Morgan fingerprint density at radius 2 is 1.84 bits per heavy atom. The second-order valence-electron chi connectivity index (χ2n) is 8.57. The molecule has 1 unspecified atom stereocenters.